The molecular weight excluding hydrogens is 266 g/mol. The lowest BCUT2D eigenvalue weighted by atomic mass is 9.95. The van der Waals surface area contributed by atoms with Crippen molar-refractivity contribution in [2.24, 2.45) is 16.1 Å². The number of amidine groups is 1. The molecule has 1 aromatic rings. The minimum atomic E-state index is -0.213. The summed E-state index contributed by atoms with van der Waals surface area (Å²) >= 11 is 17.7. The van der Waals surface area contributed by atoms with Crippen molar-refractivity contribution in [3.05, 3.63) is 27.2 Å². The van der Waals surface area contributed by atoms with Crippen molar-refractivity contribution in [2.75, 3.05) is 0 Å². The molecule has 0 spiro atoms. The minimum absolute atomic E-state index is 0.213. The molecule has 0 unspecified atom stereocenters. The normalized spacial score (nSPS) is 13.0. The molecule has 0 saturated carbocycles. The van der Waals surface area contributed by atoms with Crippen molar-refractivity contribution >= 4 is 46.3 Å². The zero-order valence-electron chi connectivity index (χ0n) is 9.31. The highest BCUT2D eigenvalue weighted by Crippen LogP contribution is 2.34. The van der Waals surface area contributed by atoms with Crippen LogP contribution in [0.15, 0.2) is 17.1 Å². The van der Waals surface area contributed by atoms with Crippen LogP contribution in [0, 0.1) is 5.41 Å². The molecule has 2 nitrogen and oxygen atoms in total. The maximum absolute atomic E-state index is 5.99. The third-order valence-electron chi connectivity index (χ3n) is 2.00. The lowest BCUT2D eigenvalue weighted by molar-refractivity contribution is 0.585. The SMILES string of the molecule is CC(C)(C)C(N)=Nc1cc(Cl)c(Cl)cc1Cl. The van der Waals surface area contributed by atoms with E-state index in [1.165, 1.54) is 0 Å². The zero-order valence-corrected chi connectivity index (χ0v) is 11.6. The molecule has 16 heavy (non-hydrogen) atoms. The van der Waals surface area contributed by atoms with Gasteiger partial charge in [-0.25, -0.2) is 4.99 Å². The van der Waals surface area contributed by atoms with Crippen molar-refractivity contribution in [1.82, 2.24) is 0 Å². The van der Waals surface area contributed by atoms with Crippen LogP contribution in [0.25, 0.3) is 0 Å². The number of nitrogens with two attached hydrogens (primary N) is 1. The van der Waals surface area contributed by atoms with Gasteiger partial charge in [0.15, 0.2) is 0 Å². The Morgan fingerprint density at radius 3 is 2.06 bits per heavy atom. The lowest BCUT2D eigenvalue weighted by Gasteiger charge is -2.17. The molecule has 0 amide bonds. The Labute approximate surface area is 110 Å². The Kier molecular flexibility index (Phi) is 4.11. The molecule has 1 aromatic carbocycles. The zero-order chi connectivity index (χ0) is 12.5. The van der Waals surface area contributed by atoms with Crippen molar-refractivity contribution in [3.8, 4) is 0 Å². The predicted molar refractivity (Wildman–Crippen MR) is 72.2 cm³/mol. The van der Waals surface area contributed by atoms with Gasteiger partial charge < -0.3 is 5.73 Å². The first kappa shape index (κ1) is 13.6. The lowest BCUT2D eigenvalue weighted by Crippen LogP contribution is -2.28. The highest BCUT2D eigenvalue weighted by molar-refractivity contribution is 6.44. The largest absolute Gasteiger partial charge is 0.387 e. The van der Waals surface area contributed by atoms with E-state index >= 15 is 0 Å². The van der Waals surface area contributed by atoms with Gasteiger partial charge in [0.05, 0.1) is 20.8 Å². The van der Waals surface area contributed by atoms with Crippen LogP contribution in [0.4, 0.5) is 5.69 Å². The number of hydrogen-bond donors (Lipinski definition) is 1. The Bertz CT molecular complexity index is 434. The summed E-state index contributed by atoms with van der Waals surface area (Å²) in [7, 11) is 0. The van der Waals surface area contributed by atoms with E-state index in [1.807, 2.05) is 20.8 Å². The summed E-state index contributed by atoms with van der Waals surface area (Å²) in [5.74, 6) is 0.493. The maximum atomic E-state index is 5.99. The van der Waals surface area contributed by atoms with Gasteiger partial charge in [0.25, 0.3) is 0 Å². The van der Waals surface area contributed by atoms with Crippen LogP contribution in [-0.2, 0) is 0 Å². The second kappa shape index (κ2) is 4.82. The smallest absolute Gasteiger partial charge is 0.105 e. The topological polar surface area (TPSA) is 38.4 Å². The second-order valence-electron chi connectivity index (χ2n) is 4.46. The first-order chi connectivity index (χ1) is 7.21. The molecule has 0 saturated heterocycles. The Hall–Kier alpha value is -0.440. The van der Waals surface area contributed by atoms with Gasteiger partial charge in [0, 0.05) is 5.41 Å². The third kappa shape index (κ3) is 3.27. The maximum Gasteiger partial charge on any atom is 0.105 e. The van der Waals surface area contributed by atoms with E-state index in [2.05, 4.69) is 4.99 Å². The molecule has 0 aliphatic carbocycles. The summed E-state index contributed by atoms with van der Waals surface area (Å²) in [4.78, 5) is 4.25. The summed E-state index contributed by atoms with van der Waals surface area (Å²) < 4.78 is 0. The molecule has 88 valence electrons. The van der Waals surface area contributed by atoms with Crippen LogP contribution in [0.5, 0.6) is 0 Å². The van der Waals surface area contributed by atoms with Crippen LogP contribution in [-0.4, -0.2) is 5.84 Å². The number of halogens is 3. The molecule has 0 aromatic heterocycles. The monoisotopic (exact) mass is 278 g/mol. The summed E-state index contributed by atoms with van der Waals surface area (Å²) in [6.45, 7) is 5.91. The van der Waals surface area contributed by atoms with Crippen LogP contribution in [0.1, 0.15) is 20.8 Å². The number of hydrogen-bond acceptors (Lipinski definition) is 1. The molecule has 0 bridgehead atoms. The Morgan fingerprint density at radius 2 is 1.56 bits per heavy atom. The first-order valence-electron chi connectivity index (χ1n) is 4.71. The predicted octanol–water partition coefficient (Wildman–Crippen LogP) is 4.68. The summed E-state index contributed by atoms with van der Waals surface area (Å²) in [5, 5.41) is 1.24. The molecule has 0 atom stereocenters. The molecule has 0 radical (unpaired) electrons. The molecule has 0 aliphatic rings. The molecule has 2 N–H and O–H groups in total. The number of benzene rings is 1. The molecule has 0 fully saturated rings. The van der Waals surface area contributed by atoms with Gasteiger partial charge in [0.2, 0.25) is 0 Å². The van der Waals surface area contributed by atoms with E-state index < -0.39 is 0 Å². The average molecular weight is 280 g/mol. The molecule has 1 rings (SSSR count). The van der Waals surface area contributed by atoms with Gasteiger partial charge in [-0.15, -0.1) is 0 Å². The molecule has 5 heteroatoms. The van der Waals surface area contributed by atoms with E-state index in [0.717, 1.165) is 0 Å². The van der Waals surface area contributed by atoms with Crippen LogP contribution < -0.4 is 5.73 Å². The fourth-order valence-electron chi connectivity index (χ4n) is 0.895. The molecule has 0 aliphatic heterocycles. The van der Waals surface area contributed by atoms with E-state index in [0.29, 0.717) is 26.6 Å². The van der Waals surface area contributed by atoms with E-state index in [9.17, 15) is 0 Å². The Balaban J connectivity index is 3.21. The first-order valence-corrected chi connectivity index (χ1v) is 5.84. The van der Waals surface area contributed by atoms with Crippen molar-refractivity contribution < 1.29 is 0 Å². The quantitative estimate of drug-likeness (QED) is 0.452. The number of nitrogens with zero attached hydrogens (tertiary/aromatic N) is 1. The standard InChI is InChI=1S/C11H13Cl3N2/c1-11(2,3)10(15)16-9-5-7(13)6(12)4-8(9)14/h4-5H,1-3H3,(H2,15,16). The van der Waals surface area contributed by atoms with Gasteiger partial charge in [-0.05, 0) is 12.1 Å². The highest BCUT2D eigenvalue weighted by Gasteiger charge is 2.16. The van der Waals surface area contributed by atoms with Gasteiger partial charge in [-0.2, -0.15) is 0 Å². The third-order valence-corrected chi connectivity index (χ3v) is 3.02. The van der Waals surface area contributed by atoms with E-state index in [1.54, 1.807) is 12.1 Å². The highest BCUT2D eigenvalue weighted by atomic mass is 35.5. The Morgan fingerprint density at radius 1 is 1.06 bits per heavy atom. The van der Waals surface area contributed by atoms with Crippen molar-refractivity contribution in [2.45, 2.75) is 20.8 Å². The van der Waals surface area contributed by atoms with E-state index in [-0.39, 0.29) is 5.41 Å². The fourth-order valence-corrected chi connectivity index (χ4v) is 1.48. The average Bonchev–Trinajstić information content (AvgIpc) is 2.12. The molecule has 0 heterocycles. The van der Waals surface area contributed by atoms with Crippen molar-refractivity contribution in [3.63, 3.8) is 0 Å². The van der Waals surface area contributed by atoms with Crippen LogP contribution in [0.2, 0.25) is 15.1 Å². The fraction of sp³-hybridized carbons (Fsp3) is 0.364. The van der Waals surface area contributed by atoms with Crippen LogP contribution >= 0.6 is 34.8 Å². The van der Waals surface area contributed by atoms with Gasteiger partial charge >= 0.3 is 0 Å². The van der Waals surface area contributed by atoms with E-state index in [4.69, 9.17) is 40.5 Å². The number of rotatable bonds is 1. The summed E-state index contributed by atoms with van der Waals surface area (Å²) in [5.41, 5.74) is 6.17. The molecular formula is C11H13Cl3N2. The van der Waals surface area contributed by atoms with Gasteiger partial charge in [-0.3, -0.25) is 0 Å². The van der Waals surface area contributed by atoms with Crippen molar-refractivity contribution in [1.29, 1.82) is 0 Å². The van der Waals surface area contributed by atoms with Crippen LogP contribution in [0.3, 0.4) is 0 Å². The summed E-state index contributed by atoms with van der Waals surface area (Å²) in [6.07, 6.45) is 0. The van der Waals surface area contributed by atoms with Gasteiger partial charge in [0.1, 0.15) is 5.84 Å². The minimum Gasteiger partial charge on any atom is -0.387 e. The van der Waals surface area contributed by atoms with Gasteiger partial charge in [-0.1, -0.05) is 55.6 Å². The second-order valence-corrected chi connectivity index (χ2v) is 5.69. The summed E-state index contributed by atoms with van der Waals surface area (Å²) in [6, 6.07) is 3.16. The number of aliphatic imine (C=N–C) groups is 1.